The van der Waals surface area contributed by atoms with E-state index in [1.165, 1.54) is 6.07 Å². The second-order valence-electron chi connectivity index (χ2n) is 6.88. The minimum absolute atomic E-state index is 0. The number of benzene rings is 1. The summed E-state index contributed by atoms with van der Waals surface area (Å²) in [6, 6.07) is 7.38. The fourth-order valence-electron chi connectivity index (χ4n) is 3.60. The zero-order chi connectivity index (χ0) is 17.5. The Bertz CT molecular complexity index is 621. The average Bonchev–Trinajstić information content (AvgIpc) is 3.14. The highest BCUT2D eigenvalue weighted by Gasteiger charge is 2.34. The summed E-state index contributed by atoms with van der Waals surface area (Å²) in [4.78, 5) is 4.87. The monoisotopic (exact) mass is 473 g/mol. The standard InChI is InChI=1S/C20H28FN3O.HI/c1-2-22-19(24-18-8-3-4-9-18)23-15-20(10-12-25-13-11-20)16-6-5-7-17(21)14-16;/h3-7,14,18H,2,8-13,15H2,1H3,(H2,22,23,24);1H. The Hall–Kier alpha value is -1.15. The van der Waals surface area contributed by atoms with Crippen molar-refractivity contribution in [3.63, 3.8) is 0 Å². The maximum Gasteiger partial charge on any atom is 0.191 e. The molecule has 0 saturated carbocycles. The molecule has 2 aliphatic rings. The van der Waals surface area contributed by atoms with Crippen LogP contribution in [0.25, 0.3) is 0 Å². The van der Waals surface area contributed by atoms with Gasteiger partial charge in [0.15, 0.2) is 5.96 Å². The van der Waals surface area contributed by atoms with Crippen LogP contribution >= 0.6 is 24.0 Å². The van der Waals surface area contributed by atoms with Gasteiger partial charge in [0, 0.05) is 31.2 Å². The van der Waals surface area contributed by atoms with Gasteiger partial charge in [0.2, 0.25) is 0 Å². The molecular weight excluding hydrogens is 444 g/mol. The van der Waals surface area contributed by atoms with E-state index in [1.807, 2.05) is 6.07 Å². The highest BCUT2D eigenvalue weighted by molar-refractivity contribution is 14.0. The molecule has 0 amide bonds. The van der Waals surface area contributed by atoms with Gasteiger partial charge in [-0.2, -0.15) is 0 Å². The lowest BCUT2D eigenvalue weighted by molar-refractivity contribution is 0.0530. The van der Waals surface area contributed by atoms with Crippen molar-refractivity contribution in [1.82, 2.24) is 10.6 Å². The highest BCUT2D eigenvalue weighted by Crippen LogP contribution is 2.35. The smallest absolute Gasteiger partial charge is 0.191 e. The van der Waals surface area contributed by atoms with E-state index >= 15 is 0 Å². The second kappa shape index (κ2) is 10.3. The summed E-state index contributed by atoms with van der Waals surface area (Å²) in [5.41, 5.74) is 0.870. The molecule has 1 fully saturated rings. The van der Waals surface area contributed by atoms with Gasteiger partial charge >= 0.3 is 0 Å². The van der Waals surface area contributed by atoms with Gasteiger partial charge in [0.25, 0.3) is 0 Å². The zero-order valence-corrected chi connectivity index (χ0v) is 17.7. The molecule has 0 bridgehead atoms. The van der Waals surface area contributed by atoms with Gasteiger partial charge in [0.1, 0.15) is 5.82 Å². The van der Waals surface area contributed by atoms with Crippen molar-refractivity contribution in [1.29, 1.82) is 0 Å². The number of hydrogen-bond donors (Lipinski definition) is 2. The number of nitrogens with one attached hydrogen (secondary N) is 2. The van der Waals surface area contributed by atoms with E-state index in [1.54, 1.807) is 12.1 Å². The first-order valence-corrected chi connectivity index (χ1v) is 9.25. The highest BCUT2D eigenvalue weighted by atomic mass is 127. The molecule has 0 unspecified atom stereocenters. The third kappa shape index (κ3) is 5.42. The predicted molar refractivity (Wildman–Crippen MR) is 115 cm³/mol. The van der Waals surface area contributed by atoms with Crippen LogP contribution in [0.3, 0.4) is 0 Å². The van der Waals surface area contributed by atoms with Crippen molar-refractivity contribution in [2.75, 3.05) is 26.3 Å². The molecule has 1 aromatic rings. The van der Waals surface area contributed by atoms with Gasteiger partial charge in [-0.3, -0.25) is 4.99 Å². The molecule has 2 N–H and O–H groups in total. The minimum Gasteiger partial charge on any atom is -0.381 e. The average molecular weight is 473 g/mol. The summed E-state index contributed by atoms with van der Waals surface area (Å²) < 4.78 is 19.3. The summed E-state index contributed by atoms with van der Waals surface area (Å²) in [6.07, 6.45) is 8.21. The third-order valence-corrected chi connectivity index (χ3v) is 5.12. The fourth-order valence-corrected chi connectivity index (χ4v) is 3.60. The number of hydrogen-bond acceptors (Lipinski definition) is 2. The summed E-state index contributed by atoms with van der Waals surface area (Å²) in [7, 11) is 0. The van der Waals surface area contributed by atoms with Gasteiger partial charge in [-0.15, -0.1) is 24.0 Å². The van der Waals surface area contributed by atoms with Gasteiger partial charge in [0.05, 0.1) is 6.54 Å². The number of nitrogens with zero attached hydrogens (tertiary/aromatic N) is 1. The molecule has 1 heterocycles. The molecule has 0 spiro atoms. The van der Waals surface area contributed by atoms with Gasteiger partial charge < -0.3 is 15.4 Å². The van der Waals surface area contributed by atoms with Crippen LogP contribution in [0.5, 0.6) is 0 Å². The van der Waals surface area contributed by atoms with Gasteiger partial charge in [-0.25, -0.2) is 4.39 Å². The summed E-state index contributed by atoms with van der Waals surface area (Å²) in [6.45, 7) is 4.92. The van der Waals surface area contributed by atoms with E-state index in [2.05, 4.69) is 29.7 Å². The van der Waals surface area contributed by atoms with Crippen molar-refractivity contribution in [3.8, 4) is 0 Å². The van der Waals surface area contributed by atoms with Crippen LogP contribution in [0.1, 0.15) is 38.2 Å². The van der Waals surface area contributed by atoms with E-state index < -0.39 is 0 Å². The molecule has 0 radical (unpaired) electrons. The quantitative estimate of drug-likeness (QED) is 0.296. The van der Waals surface area contributed by atoms with Crippen LogP contribution in [0, 0.1) is 5.82 Å². The third-order valence-electron chi connectivity index (χ3n) is 5.12. The first-order chi connectivity index (χ1) is 12.2. The topological polar surface area (TPSA) is 45.7 Å². The van der Waals surface area contributed by atoms with E-state index in [4.69, 9.17) is 9.73 Å². The molecule has 1 aromatic carbocycles. The maximum atomic E-state index is 13.8. The summed E-state index contributed by atoms with van der Waals surface area (Å²) >= 11 is 0. The molecule has 1 saturated heterocycles. The lowest BCUT2D eigenvalue weighted by atomic mass is 9.74. The van der Waals surface area contributed by atoms with E-state index in [9.17, 15) is 4.39 Å². The Kier molecular flexibility index (Phi) is 8.34. The van der Waals surface area contributed by atoms with E-state index in [0.717, 1.165) is 43.8 Å². The Morgan fingerprint density at radius 2 is 2.00 bits per heavy atom. The number of ether oxygens (including phenoxy) is 1. The van der Waals surface area contributed by atoms with E-state index in [0.29, 0.717) is 25.8 Å². The Labute approximate surface area is 172 Å². The van der Waals surface area contributed by atoms with Gasteiger partial charge in [-0.1, -0.05) is 24.3 Å². The Morgan fingerprint density at radius 1 is 1.27 bits per heavy atom. The van der Waals surface area contributed by atoms with Crippen molar-refractivity contribution in [2.45, 2.75) is 44.1 Å². The number of rotatable bonds is 5. The van der Waals surface area contributed by atoms with Crippen molar-refractivity contribution >= 4 is 29.9 Å². The van der Waals surface area contributed by atoms with Gasteiger partial charge in [-0.05, 0) is 50.3 Å². The number of halogens is 2. The normalized spacial score (nSPS) is 19.8. The Balaban J connectivity index is 0.00000243. The minimum atomic E-state index is -0.186. The SMILES string of the molecule is CCNC(=NCC1(c2cccc(F)c2)CCOCC1)NC1CC=CC1.I. The molecular formula is C20H29FIN3O. The van der Waals surface area contributed by atoms with Crippen molar-refractivity contribution in [3.05, 3.63) is 47.8 Å². The van der Waals surface area contributed by atoms with Crippen LogP contribution < -0.4 is 10.6 Å². The van der Waals surface area contributed by atoms with E-state index in [-0.39, 0.29) is 35.2 Å². The molecule has 1 aliphatic heterocycles. The molecule has 3 rings (SSSR count). The van der Waals surface area contributed by atoms with Crippen molar-refractivity contribution < 1.29 is 9.13 Å². The van der Waals surface area contributed by atoms with Crippen molar-refractivity contribution in [2.24, 2.45) is 4.99 Å². The first-order valence-electron chi connectivity index (χ1n) is 9.25. The molecule has 4 nitrogen and oxygen atoms in total. The first kappa shape index (κ1) is 21.2. The van der Waals surface area contributed by atoms with Crippen LogP contribution in [0.4, 0.5) is 4.39 Å². The molecule has 1 aliphatic carbocycles. The zero-order valence-electron chi connectivity index (χ0n) is 15.3. The van der Waals surface area contributed by atoms with Crippen LogP contribution in [0.2, 0.25) is 0 Å². The molecule has 0 aromatic heterocycles. The maximum absolute atomic E-state index is 13.8. The lowest BCUT2D eigenvalue weighted by Crippen LogP contribution is -2.44. The molecule has 6 heteroatoms. The Morgan fingerprint density at radius 3 is 2.65 bits per heavy atom. The summed E-state index contributed by atoms with van der Waals surface area (Å²) in [5.74, 6) is 0.660. The molecule has 144 valence electrons. The fraction of sp³-hybridized carbons (Fsp3) is 0.550. The molecule has 0 atom stereocenters. The predicted octanol–water partition coefficient (Wildman–Crippen LogP) is 3.77. The van der Waals surface area contributed by atoms with Crippen LogP contribution in [0.15, 0.2) is 41.4 Å². The molecule has 26 heavy (non-hydrogen) atoms. The second-order valence-corrected chi connectivity index (χ2v) is 6.88. The van der Waals surface area contributed by atoms with Crippen LogP contribution in [-0.2, 0) is 10.2 Å². The number of aliphatic imine (C=N–C) groups is 1. The largest absolute Gasteiger partial charge is 0.381 e. The summed E-state index contributed by atoms with van der Waals surface area (Å²) in [5, 5.41) is 6.84. The van der Waals surface area contributed by atoms with Crippen LogP contribution in [-0.4, -0.2) is 38.3 Å². The lowest BCUT2D eigenvalue weighted by Gasteiger charge is -2.36. The number of guanidine groups is 1.